The van der Waals surface area contributed by atoms with Gasteiger partial charge in [-0.3, -0.25) is 0 Å². The third kappa shape index (κ3) is 24.4. The summed E-state index contributed by atoms with van der Waals surface area (Å²) in [6.07, 6.45) is 2.50. The summed E-state index contributed by atoms with van der Waals surface area (Å²) in [5.74, 6) is 0. The van der Waals surface area contributed by atoms with E-state index in [1.165, 1.54) is 12.8 Å². The minimum Gasteiger partial charge on any atom is -0.400 e. The second kappa shape index (κ2) is 39.5. The second-order valence-electron chi connectivity index (χ2n) is 4.73. The van der Waals surface area contributed by atoms with Gasteiger partial charge >= 0.3 is 0 Å². The van der Waals surface area contributed by atoms with Gasteiger partial charge < -0.3 is 5.11 Å². The van der Waals surface area contributed by atoms with Crippen LogP contribution in [0.15, 0.2) is 54.6 Å². The van der Waals surface area contributed by atoms with Crippen molar-refractivity contribution in [3.05, 3.63) is 54.6 Å². The van der Waals surface area contributed by atoms with E-state index >= 15 is 0 Å². The van der Waals surface area contributed by atoms with Crippen molar-refractivity contribution >= 4 is 11.0 Å². The monoisotopic (exact) mass is 790 g/mol. The van der Waals surface area contributed by atoms with Crippen molar-refractivity contribution in [1.29, 1.82) is 0 Å². The maximum atomic E-state index is 7.00. The Bertz CT molecular complexity index is 606. The first-order valence-electron chi connectivity index (χ1n) is 9.08. The molecule has 0 atom stereocenters. The van der Waals surface area contributed by atoms with Crippen molar-refractivity contribution in [3.63, 3.8) is 0 Å². The average Bonchev–Trinajstić information content (AvgIpc) is 3.11. The van der Waals surface area contributed by atoms with Crippen LogP contribution in [0.5, 0.6) is 0 Å². The predicted octanol–water partition coefficient (Wildman–Crippen LogP) is 5.88. The third-order valence-corrected chi connectivity index (χ3v) is 2.27. The summed E-state index contributed by atoms with van der Waals surface area (Å²) < 4.78 is 0. The number of para-hydroxylation sites is 1. The zero-order valence-electron chi connectivity index (χ0n) is 19.8. The Balaban J connectivity index is -0.0000000622. The zero-order chi connectivity index (χ0) is 19.5. The van der Waals surface area contributed by atoms with E-state index in [1.807, 2.05) is 68.4 Å². The fraction of sp³-hybridized carbons (Fsp3) is 0.429. The fourth-order valence-corrected chi connectivity index (χ4v) is 1.54. The third-order valence-electron chi connectivity index (χ3n) is 2.27. The van der Waals surface area contributed by atoms with Crippen LogP contribution in [0.1, 0.15) is 54.4 Å². The van der Waals surface area contributed by atoms with Gasteiger partial charge in [0.05, 0.1) is 5.69 Å². The number of nitrogens with zero attached hydrogens (tertiary/aromatic N) is 3. The number of benzene rings is 2. The number of hydrogen-bond acceptors (Lipinski definition) is 3. The Morgan fingerprint density at radius 3 is 1.17 bits per heavy atom. The maximum absolute atomic E-state index is 7.00. The summed E-state index contributed by atoms with van der Waals surface area (Å²) in [6.45, 7) is 12.5. The first-order valence-corrected chi connectivity index (χ1v) is 9.08. The van der Waals surface area contributed by atoms with E-state index in [-0.39, 0.29) is 164 Å². The van der Waals surface area contributed by atoms with E-state index in [9.17, 15) is 0 Å². The number of fused-ring (bicyclic) bond motifs is 1. The molecule has 30 heavy (non-hydrogen) atoms. The van der Waals surface area contributed by atoms with E-state index in [0.717, 1.165) is 23.8 Å². The minimum atomic E-state index is 0. The second-order valence-corrected chi connectivity index (χ2v) is 4.73. The predicted molar refractivity (Wildman–Crippen MR) is 110 cm³/mol. The normalized spacial score (nSPS) is 6.93. The van der Waals surface area contributed by atoms with Crippen LogP contribution in [0.25, 0.3) is 16.7 Å². The van der Waals surface area contributed by atoms with Gasteiger partial charge in [-0.1, -0.05) is 84.7 Å². The summed E-state index contributed by atoms with van der Waals surface area (Å²) in [6, 6.07) is 17.7. The van der Waals surface area contributed by atoms with Gasteiger partial charge in [0.15, 0.2) is 0 Å². The quantitative estimate of drug-likeness (QED) is 0.336. The topological polar surface area (TPSA) is 50.9 Å². The average molecular weight is 790 g/mol. The van der Waals surface area contributed by atoms with E-state index in [4.69, 9.17) is 5.11 Å². The molecule has 1 aromatic heterocycles. The van der Waals surface area contributed by atoms with Crippen molar-refractivity contribution < 1.29 is 169 Å². The molecule has 0 fully saturated rings. The Hall–Kier alpha value is 3.32. The van der Waals surface area contributed by atoms with Crippen LogP contribution < -0.4 is 0 Å². The van der Waals surface area contributed by atoms with Crippen LogP contribution >= 0.6 is 0 Å². The molecule has 0 aliphatic heterocycles. The van der Waals surface area contributed by atoms with E-state index in [0.29, 0.717) is 0 Å². The van der Waals surface area contributed by atoms with Crippen LogP contribution in [0.2, 0.25) is 0 Å². The summed E-state index contributed by atoms with van der Waals surface area (Å²) in [5.41, 5.74) is 2.82. The Labute approximate surface area is 310 Å². The van der Waals surface area contributed by atoms with E-state index in [2.05, 4.69) is 37.9 Å². The van der Waals surface area contributed by atoms with Crippen molar-refractivity contribution in [1.82, 2.24) is 15.0 Å². The van der Waals surface area contributed by atoms with Gasteiger partial charge in [0.1, 0.15) is 11.0 Å². The molecule has 0 saturated carbocycles. The molecule has 3 rings (SSSR count). The molecule has 5 radical (unpaired) electrons. The standard InChI is InChI=1S/C12H9N3.2C3H8.C2H6.CH4O.5Y/c1-2-6-10(7-3-1)15-13-11-8-4-5-9-12(11)14-15;2*1-3-2;2*1-2;;;;;/h1-9H;2*3H2,1-2H3;1-2H3;2H,1H3;;;;;. The summed E-state index contributed by atoms with van der Waals surface area (Å²) in [5, 5.41) is 15.8. The van der Waals surface area contributed by atoms with Gasteiger partial charge in [-0.2, -0.15) is 4.80 Å². The van der Waals surface area contributed by atoms with Crippen LogP contribution in [0.3, 0.4) is 0 Å². The number of hydrogen-bond donors (Lipinski definition) is 1. The molecular formula is C21H35N3OY5. The molecule has 0 amide bonds. The van der Waals surface area contributed by atoms with Crippen LogP contribution in [-0.2, 0) is 164 Å². The van der Waals surface area contributed by atoms with Crippen molar-refractivity contribution in [2.45, 2.75) is 54.4 Å². The molecule has 0 aliphatic rings. The SMILES string of the molecule is CC.CCC.CCC.CO.[Y].[Y].[Y].[Y].[Y].c1ccc(-n2nc3ccccc3n2)cc1. The van der Waals surface area contributed by atoms with Crippen LogP contribution in [-0.4, -0.2) is 27.2 Å². The molecule has 0 spiro atoms. The van der Waals surface area contributed by atoms with E-state index in [1.54, 1.807) is 4.80 Å². The van der Waals surface area contributed by atoms with E-state index < -0.39 is 0 Å². The molecule has 0 saturated heterocycles. The molecular weight excluding hydrogens is 755 g/mol. The maximum Gasteiger partial charge on any atom is 0.113 e. The van der Waals surface area contributed by atoms with Crippen LogP contribution in [0, 0.1) is 0 Å². The number of rotatable bonds is 1. The Morgan fingerprint density at radius 1 is 0.600 bits per heavy atom. The first kappa shape index (κ1) is 50.2. The van der Waals surface area contributed by atoms with Gasteiger partial charge in [0, 0.05) is 171 Å². The van der Waals surface area contributed by atoms with Gasteiger partial charge in [-0.15, -0.1) is 10.2 Å². The van der Waals surface area contributed by atoms with Crippen molar-refractivity contribution in [3.8, 4) is 5.69 Å². The summed E-state index contributed by atoms with van der Waals surface area (Å²) >= 11 is 0. The Kier molecular flexibility index (Phi) is 66.2. The minimum absolute atomic E-state index is 0. The molecule has 1 heterocycles. The molecule has 155 valence electrons. The molecule has 0 aliphatic carbocycles. The first-order chi connectivity index (χ1) is 12.3. The van der Waals surface area contributed by atoms with Gasteiger partial charge in [0.2, 0.25) is 0 Å². The van der Waals surface area contributed by atoms with Crippen molar-refractivity contribution in [2.24, 2.45) is 0 Å². The molecule has 0 unspecified atom stereocenters. The molecule has 3 aromatic rings. The number of aliphatic hydroxyl groups is 1. The van der Waals surface area contributed by atoms with Gasteiger partial charge in [-0.25, -0.2) is 0 Å². The molecule has 9 heteroatoms. The zero-order valence-corrected chi connectivity index (χ0v) is 34.0. The summed E-state index contributed by atoms with van der Waals surface area (Å²) in [4.78, 5) is 1.66. The largest absolute Gasteiger partial charge is 0.400 e. The Morgan fingerprint density at radius 2 is 0.867 bits per heavy atom. The van der Waals surface area contributed by atoms with Gasteiger partial charge in [-0.05, 0) is 24.3 Å². The molecule has 1 N–H and O–H groups in total. The number of aliphatic hydroxyl groups excluding tert-OH is 1. The fourth-order valence-electron chi connectivity index (χ4n) is 1.54. The number of aromatic nitrogens is 3. The molecule has 2 aromatic carbocycles. The smallest absolute Gasteiger partial charge is 0.113 e. The van der Waals surface area contributed by atoms with Gasteiger partial charge in [0.25, 0.3) is 0 Å². The molecule has 0 bridgehead atoms. The summed E-state index contributed by atoms with van der Waals surface area (Å²) in [7, 11) is 1.00. The van der Waals surface area contributed by atoms with Crippen LogP contribution in [0.4, 0.5) is 0 Å². The molecule has 4 nitrogen and oxygen atoms in total. The van der Waals surface area contributed by atoms with Crippen molar-refractivity contribution in [2.75, 3.05) is 7.11 Å².